The van der Waals surface area contributed by atoms with Crippen LogP contribution >= 0.6 is 0 Å². The lowest BCUT2D eigenvalue weighted by atomic mass is 10.0. The van der Waals surface area contributed by atoms with E-state index in [0.717, 1.165) is 16.7 Å². The molecule has 24 heavy (non-hydrogen) atoms. The van der Waals surface area contributed by atoms with E-state index in [-0.39, 0.29) is 18.7 Å². The number of aryl methyl sites for hydroxylation is 1. The molecule has 1 amide bonds. The summed E-state index contributed by atoms with van der Waals surface area (Å²) in [6.45, 7) is 1.95. The first kappa shape index (κ1) is 17.5. The Labute approximate surface area is 141 Å². The number of aliphatic carboxylic acids is 1. The quantitative estimate of drug-likeness (QED) is 0.820. The molecule has 0 spiro atoms. The number of nitrogens with one attached hydrogen (secondary N) is 1. The van der Waals surface area contributed by atoms with Crippen LogP contribution in [0.2, 0.25) is 0 Å². The molecule has 0 aliphatic rings. The number of carbonyl (C=O) groups excluding carboxylic acids is 1. The summed E-state index contributed by atoms with van der Waals surface area (Å²) in [5, 5.41) is 11.9. The van der Waals surface area contributed by atoms with Crippen molar-refractivity contribution in [1.82, 2.24) is 5.32 Å². The van der Waals surface area contributed by atoms with Crippen molar-refractivity contribution >= 4 is 11.9 Å². The third kappa shape index (κ3) is 4.84. The monoisotopic (exact) mass is 327 g/mol. The molecule has 2 N–H and O–H groups in total. The highest BCUT2D eigenvalue weighted by Gasteiger charge is 2.18. The Morgan fingerprint density at radius 2 is 1.79 bits per heavy atom. The molecule has 0 bridgehead atoms. The van der Waals surface area contributed by atoms with Crippen molar-refractivity contribution in [2.45, 2.75) is 25.8 Å². The number of hydrogen-bond donors (Lipinski definition) is 2. The second kappa shape index (κ2) is 8.15. The Kier molecular flexibility index (Phi) is 5.95. The average Bonchev–Trinajstić information content (AvgIpc) is 2.56. The minimum Gasteiger partial charge on any atom is -0.497 e. The predicted molar refractivity (Wildman–Crippen MR) is 91.0 cm³/mol. The molecule has 5 heteroatoms. The summed E-state index contributed by atoms with van der Waals surface area (Å²) in [6.07, 6.45) is 0.0464. The standard InChI is InChI=1S/C19H21NO4/c1-13-5-3-4-6-15(13)11-18(21)20-17(12-19(22)23)14-7-9-16(24-2)10-8-14/h3-10,17H,11-12H2,1-2H3,(H,20,21)(H,22,23)/t17-/m1/s1. The molecule has 0 saturated heterocycles. The van der Waals surface area contributed by atoms with Crippen molar-refractivity contribution in [3.8, 4) is 5.75 Å². The van der Waals surface area contributed by atoms with E-state index in [1.54, 1.807) is 31.4 Å². The van der Waals surface area contributed by atoms with Crippen LogP contribution in [0.1, 0.15) is 29.2 Å². The molecule has 0 aliphatic carbocycles. The first-order valence-corrected chi connectivity index (χ1v) is 7.69. The maximum atomic E-state index is 12.3. The van der Waals surface area contributed by atoms with Gasteiger partial charge in [0, 0.05) is 0 Å². The van der Waals surface area contributed by atoms with Gasteiger partial charge in [0.2, 0.25) is 5.91 Å². The summed E-state index contributed by atoms with van der Waals surface area (Å²) < 4.78 is 5.10. The van der Waals surface area contributed by atoms with E-state index >= 15 is 0 Å². The fourth-order valence-electron chi connectivity index (χ4n) is 2.49. The molecular formula is C19H21NO4. The number of amides is 1. The van der Waals surface area contributed by atoms with Crippen molar-refractivity contribution in [1.29, 1.82) is 0 Å². The highest BCUT2D eigenvalue weighted by atomic mass is 16.5. The maximum Gasteiger partial charge on any atom is 0.305 e. The van der Waals surface area contributed by atoms with Gasteiger partial charge >= 0.3 is 5.97 Å². The Hall–Kier alpha value is -2.82. The van der Waals surface area contributed by atoms with E-state index in [2.05, 4.69) is 5.32 Å². The molecular weight excluding hydrogens is 306 g/mol. The lowest BCUT2D eigenvalue weighted by molar-refractivity contribution is -0.137. The highest BCUT2D eigenvalue weighted by Crippen LogP contribution is 2.21. The first-order chi connectivity index (χ1) is 11.5. The van der Waals surface area contributed by atoms with Crippen LogP contribution in [0.5, 0.6) is 5.75 Å². The fraction of sp³-hybridized carbons (Fsp3) is 0.263. The van der Waals surface area contributed by atoms with Gasteiger partial charge < -0.3 is 15.2 Å². The molecule has 0 radical (unpaired) electrons. The molecule has 2 rings (SSSR count). The van der Waals surface area contributed by atoms with Gasteiger partial charge in [0.15, 0.2) is 0 Å². The Morgan fingerprint density at radius 3 is 2.38 bits per heavy atom. The van der Waals surface area contributed by atoms with Gasteiger partial charge in [0.1, 0.15) is 5.75 Å². The van der Waals surface area contributed by atoms with E-state index in [9.17, 15) is 9.59 Å². The third-order valence-electron chi connectivity index (χ3n) is 3.84. The predicted octanol–water partition coefficient (Wildman–Crippen LogP) is 2.88. The lowest BCUT2D eigenvalue weighted by Crippen LogP contribution is -2.31. The molecule has 0 heterocycles. The van der Waals surface area contributed by atoms with Crippen LogP contribution in [0.25, 0.3) is 0 Å². The Morgan fingerprint density at radius 1 is 1.12 bits per heavy atom. The van der Waals surface area contributed by atoms with Crippen LogP contribution in [-0.4, -0.2) is 24.1 Å². The molecule has 0 saturated carbocycles. The molecule has 1 atom stereocenters. The minimum atomic E-state index is -0.966. The third-order valence-corrected chi connectivity index (χ3v) is 3.84. The van der Waals surface area contributed by atoms with Crippen LogP contribution in [0.15, 0.2) is 48.5 Å². The normalized spacial score (nSPS) is 11.6. The average molecular weight is 327 g/mol. The van der Waals surface area contributed by atoms with Crippen molar-refractivity contribution in [2.24, 2.45) is 0 Å². The second-order valence-corrected chi connectivity index (χ2v) is 5.59. The van der Waals surface area contributed by atoms with E-state index in [0.29, 0.717) is 5.75 Å². The maximum absolute atomic E-state index is 12.3. The van der Waals surface area contributed by atoms with Crippen LogP contribution in [0, 0.1) is 6.92 Å². The minimum absolute atomic E-state index is 0.175. The number of hydrogen-bond acceptors (Lipinski definition) is 3. The van der Waals surface area contributed by atoms with Crippen molar-refractivity contribution in [3.05, 3.63) is 65.2 Å². The van der Waals surface area contributed by atoms with Gasteiger partial charge in [-0.25, -0.2) is 0 Å². The van der Waals surface area contributed by atoms with Crippen LogP contribution in [0.3, 0.4) is 0 Å². The van der Waals surface area contributed by atoms with Crippen molar-refractivity contribution in [3.63, 3.8) is 0 Å². The van der Waals surface area contributed by atoms with Crippen LogP contribution in [-0.2, 0) is 16.0 Å². The van der Waals surface area contributed by atoms with Gasteiger partial charge in [-0.2, -0.15) is 0 Å². The summed E-state index contributed by atoms with van der Waals surface area (Å²) in [7, 11) is 1.56. The van der Waals surface area contributed by atoms with Gasteiger partial charge in [-0.1, -0.05) is 36.4 Å². The second-order valence-electron chi connectivity index (χ2n) is 5.59. The summed E-state index contributed by atoms with van der Waals surface area (Å²) in [5.41, 5.74) is 2.70. The molecule has 0 aromatic heterocycles. The number of benzene rings is 2. The van der Waals surface area contributed by atoms with E-state index in [4.69, 9.17) is 9.84 Å². The van der Waals surface area contributed by atoms with Crippen molar-refractivity contribution in [2.75, 3.05) is 7.11 Å². The molecule has 5 nitrogen and oxygen atoms in total. The largest absolute Gasteiger partial charge is 0.497 e. The van der Waals surface area contributed by atoms with E-state index in [1.807, 2.05) is 31.2 Å². The van der Waals surface area contributed by atoms with Gasteiger partial charge in [-0.3, -0.25) is 9.59 Å². The van der Waals surface area contributed by atoms with Gasteiger partial charge in [0.25, 0.3) is 0 Å². The van der Waals surface area contributed by atoms with Crippen LogP contribution in [0.4, 0.5) is 0 Å². The fourth-order valence-corrected chi connectivity index (χ4v) is 2.49. The molecule has 0 fully saturated rings. The highest BCUT2D eigenvalue weighted by molar-refractivity contribution is 5.80. The molecule has 2 aromatic rings. The lowest BCUT2D eigenvalue weighted by Gasteiger charge is -2.18. The number of ether oxygens (including phenoxy) is 1. The van der Waals surface area contributed by atoms with Gasteiger partial charge in [-0.15, -0.1) is 0 Å². The number of carboxylic acids is 1. The summed E-state index contributed by atoms with van der Waals surface area (Å²) in [5.74, 6) is -0.488. The SMILES string of the molecule is COc1ccc([C@@H](CC(=O)O)NC(=O)Cc2ccccc2C)cc1. The Bertz CT molecular complexity index is 710. The number of carboxylic acid groups (broad SMARTS) is 1. The summed E-state index contributed by atoms with van der Waals surface area (Å²) in [6, 6.07) is 14.1. The topological polar surface area (TPSA) is 75.6 Å². The summed E-state index contributed by atoms with van der Waals surface area (Å²) >= 11 is 0. The molecule has 2 aromatic carbocycles. The number of rotatable bonds is 7. The van der Waals surface area contributed by atoms with Crippen molar-refractivity contribution < 1.29 is 19.4 Å². The zero-order valence-electron chi connectivity index (χ0n) is 13.8. The van der Waals surface area contributed by atoms with E-state index < -0.39 is 12.0 Å². The first-order valence-electron chi connectivity index (χ1n) is 7.69. The molecule has 126 valence electrons. The van der Waals surface area contributed by atoms with Gasteiger partial charge in [-0.05, 0) is 35.7 Å². The Balaban J connectivity index is 2.11. The van der Waals surface area contributed by atoms with Crippen LogP contribution < -0.4 is 10.1 Å². The zero-order valence-corrected chi connectivity index (χ0v) is 13.8. The smallest absolute Gasteiger partial charge is 0.305 e. The number of carbonyl (C=O) groups is 2. The van der Waals surface area contributed by atoms with Gasteiger partial charge in [0.05, 0.1) is 26.0 Å². The zero-order chi connectivity index (χ0) is 17.5. The van der Waals surface area contributed by atoms with E-state index in [1.165, 1.54) is 0 Å². The molecule has 0 aliphatic heterocycles. The number of methoxy groups -OCH3 is 1. The summed E-state index contributed by atoms with van der Waals surface area (Å²) in [4.78, 5) is 23.4. The molecule has 0 unspecified atom stereocenters.